The number of rotatable bonds is 1. The van der Waals surface area contributed by atoms with E-state index in [-0.39, 0.29) is 5.15 Å². The average molecular weight is 172 g/mol. The van der Waals surface area contributed by atoms with Crippen LogP contribution in [0, 0.1) is 0 Å². The molecular weight excluding hydrogens is 162 g/mol. The van der Waals surface area contributed by atoms with Crippen LogP contribution in [-0.2, 0) is 0 Å². The molecule has 0 aliphatic heterocycles. The number of nitrogens with two attached hydrogens (primary N) is 1. The number of anilines is 1. The third-order valence-corrected chi connectivity index (χ3v) is 1.78. The Morgan fingerprint density at radius 2 is 2.18 bits per heavy atom. The smallest absolute Gasteiger partial charge is 0.174 e. The van der Waals surface area contributed by atoms with Crippen molar-refractivity contribution in [3.63, 3.8) is 0 Å². The monoisotopic (exact) mass is 171 g/mol. The highest BCUT2D eigenvalue weighted by atomic mass is 35.5. The van der Waals surface area contributed by atoms with E-state index in [9.17, 15) is 0 Å². The first-order valence-corrected chi connectivity index (χ1v) is 3.77. The van der Waals surface area contributed by atoms with Crippen LogP contribution in [0.1, 0.15) is 25.3 Å². The molecule has 3 nitrogen and oxygen atoms in total. The van der Waals surface area contributed by atoms with E-state index in [2.05, 4.69) is 10.2 Å². The quantitative estimate of drug-likeness (QED) is 0.702. The Bertz CT molecular complexity index is 260. The van der Waals surface area contributed by atoms with Crippen LogP contribution in [0.15, 0.2) is 6.20 Å². The Morgan fingerprint density at radius 1 is 1.55 bits per heavy atom. The Kier molecular flexibility index (Phi) is 2.29. The molecule has 0 atom stereocenters. The van der Waals surface area contributed by atoms with Crippen molar-refractivity contribution in [3.05, 3.63) is 16.9 Å². The predicted octanol–water partition coefficient (Wildman–Crippen LogP) is 1.84. The number of halogens is 1. The summed E-state index contributed by atoms with van der Waals surface area (Å²) in [6.07, 6.45) is 1.64. The second-order valence-corrected chi connectivity index (χ2v) is 3.02. The van der Waals surface area contributed by atoms with Crippen molar-refractivity contribution in [2.45, 2.75) is 19.8 Å². The fraction of sp³-hybridized carbons (Fsp3) is 0.429. The van der Waals surface area contributed by atoms with Crippen molar-refractivity contribution in [3.8, 4) is 0 Å². The number of hydrogen-bond acceptors (Lipinski definition) is 3. The van der Waals surface area contributed by atoms with Gasteiger partial charge in [-0.15, -0.1) is 5.10 Å². The van der Waals surface area contributed by atoms with E-state index >= 15 is 0 Å². The molecule has 1 heterocycles. The van der Waals surface area contributed by atoms with Gasteiger partial charge in [0.05, 0.1) is 11.9 Å². The molecule has 11 heavy (non-hydrogen) atoms. The molecule has 0 unspecified atom stereocenters. The predicted molar refractivity (Wildman–Crippen MR) is 45.5 cm³/mol. The fourth-order valence-electron chi connectivity index (χ4n) is 0.844. The molecule has 0 amide bonds. The zero-order valence-electron chi connectivity index (χ0n) is 6.50. The summed E-state index contributed by atoms with van der Waals surface area (Å²) < 4.78 is 0. The van der Waals surface area contributed by atoms with Crippen molar-refractivity contribution >= 4 is 17.3 Å². The summed E-state index contributed by atoms with van der Waals surface area (Å²) in [5, 5.41) is 7.60. The van der Waals surface area contributed by atoms with Crippen molar-refractivity contribution in [2.24, 2.45) is 0 Å². The average Bonchev–Trinajstić information content (AvgIpc) is 1.94. The lowest BCUT2D eigenvalue weighted by molar-refractivity contribution is 0.845. The molecule has 0 saturated heterocycles. The highest BCUT2D eigenvalue weighted by Gasteiger charge is 2.07. The first kappa shape index (κ1) is 8.27. The van der Waals surface area contributed by atoms with Gasteiger partial charge in [-0.3, -0.25) is 0 Å². The topological polar surface area (TPSA) is 51.8 Å². The molecule has 1 aromatic heterocycles. The highest BCUT2D eigenvalue weighted by molar-refractivity contribution is 6.31. The lowest BCUT2D eigenvalue weighted by Crippen LogP contribution is -2.00. The van der Waals surface area contributed by atoms with Gasteiger partial charge in [-0.2, -0.15) is 5.10 Å². The number of nitrogens with zero attached hydrogens (tertiary/aromatic N) is 2. The molecule has 2 N–H and O–H groups in total. The minimum Gasteiger partial charge on any atom is -0.396 e. The van der Waals surface area contributed by atoms with Crippen LogP contribution in [0.25, 0.3) is 0 Å². The summed E-state index contributed by atoms with van der Waals surface area (Å²) in [7, 11) is 0. The molecule has 0 spiro atoms. The maximum atomic E-state index is 5.66. The first-order chi connectivity index (χ1) is 5.13. The minimum absolute atomic E-state index is 0.288. The molecule has 0 radical (unpaired) electrons. The summed E-state index contributed by atoms with van der Waals surface area (Å²) in [5.41, 5.74) is 7.14. The van der Waals surface area contributed by atoms with E-state index in [1.54, 1.807) is 6.20 Å². The van der Waals surface area contributed by atoms with Gasteiger partial charge in [-0.05, 0) is 5.92 Å². The largest absolute Gasteiger partial charge is 0.396 e. The molecule has 0 aliphatic carbocycles. The zero-order chi connectivity index (χ0) is 8.43. The lowest BCUT2D eigenvalue weighted by atomic mass is 10.1. The van der Waals surface area contributed by atoms with Gasteiger partial charge < -0.3 is 5.73 Å². The standard InChI is InChI=1S/C7H10ClN3/c1-4(2)5-3-10-11-7(8)6(5)9/h3-4H,1-2H3,(H2,9,10). The number of aromatic nitrogens is 2. The van der Waals surface area contributed by atoms with Gasteiger partial charge in [0.2, 0.25) is 0 Å². The molecule has 0 fully saturated rings. The van der Waals surface area contributed by atoms with E-state index in [1.807, 2.05) is 13.8 Å². The van der Waals surface area contributed by atoms with Gasteiger partial charge in [-0.25, -0.2) is 0 Å². The number of hydrogen-bond donors (Lipinski definition) is 1. The molecule has 1 aromatic rings. The Labute approximate surface area is 70.6 Å². The SMILES string of the molecule is CC(C)c1cnnc(Cl)c1N. The van der Waals surface area contributed by atoms with Crippen molar-refractivity contribution in [1.82, 2.24) is 10.2 Å². The van der Waals surface area contributed by atoms with Crippen molar-refractivity contribution in [2.75, 3.05) is 5.73 Å². The van der Waals surface area contributed by atoms with Crippen LogP contribution >= 0.6 is 11.6 Å². The van der Waals surface area contributed by atoms with Gasteiger partial charge in [0.1, 0.15) is 0 Å². The summed E-state index contributed by atoms with van der Waals surface area (Å²) in [6.45, 7) is 4.06. The normalized spacial score (nSPS) is 10.5. The Morgan fingerprint density at radius 3 is 2.64 bits per heavy atom. The van der Waals surface area contributed by atoms with Crippen LogP contribution in [-0.4, -0.2) is 10.2 Å². The van der Waals surface area contributed by atoms with E-state index in [4.69, 9.17) is 17.3 Å². The summed E-state index contributed by atoms with van der Waals surface area (Å²) in [4.78, 5) is 0. The van der Waals surface area contributed by atoms with E-state index in [1.165, 1.54) is 0 Å². The van der Waals surface area contributed by atoms with Gasteiger partial charge in [0, 0.05) is 5.56 Å². The molecule has 0 bridgehead atoms. The minimum atomic E-state index is 0.288. The Hall–Kier alpha value is -0.830. The first-order valence-electron chi connectivity index (χ1n) is 3.39. The fourth-order valence-corrected chi connectivity index (χ4v) is 0.997. The Balaban J connectivity index is 3.17. The third-order valence-electron chi connectivity index (χ3n) is 1.50. The van der Waals surface area contributed by atoms with Gasteiger partial charge >= 0.3 is 0 Å². The van der Waals surface area contributed by atoms with E-state index in [0.717, 1.165) is 5.56 Å². The van der Waals surface area contributed by atoms with Gasteiger partial charge in [-0.1, -0.05) is 25.4 Å². The second kappa shape index (κ2) is 3.05. The highest BCUT2D eigenvalue weighted by Crippen LogP contribution is 2.24. The lowest BCUT2D eigenvalue weighted by Gasteiger charge is -2.07. The summed E-state index contributed by atoms with van der Waals surface area (Å²) >= 11 is 5.66. The zero-order valence-corrected chi connectivity index (χ0v) is 7.26. The summed E-state index contributed by atoms with van der Waals surface area (Å²) in [6, 6.07) is 0. The second-order valence-electron chi connectivity index (χ2n) is 2.66. The molecule has 4 heteroatoms. The maximum Gasteiger partial charge on any atom is 0.174 e. The molecule has 0 aliphatic rings. The van der Waals surface area contributed by atoms with Crippen molar-refractivity contribution < 1.29 is 0 Å². The van der Waals surface area contributed by atoms with Crippen LogP contribution in [0.5, 0.6) is 0 Å². The molecule has 1 rings (SSSR count). The number of nitrogen functional groups attached to an aromatic ring is 1. The van der Waals surface area contributed by atoms with Crippen LogP contribution in [0.4, 0.5) is 5.69 Å². The molecular formula is C7H10ClN3. The van der Waals surface area contributed by atoms with E-state index in [0.29, 0.717) is 11.6 Å². The van der Waals surface area contributed by atoms with Crippen LogP contribution < -0.4 is 5.73 Å². The third kappa shape index (κ3) is 1.60. The van der Waals surface area contributed by atoms with Gasteiger partial charge in [0.25, 0.3) is 0 Å². The van der Waals surface area contributed by atoms with Crippen LogP contribution in [0.3, 0.4) is 0 Å². The van der Waals surface area contributed by atoms with E-state index < -0.39 is 0 Å². The van der Waals surface area contributed by atoms with Crippen LogP contribution in [0.2, 0.25) is 5.15 Å². The maximum absolute atomic E-state index is 5.66. The van der Waals surface area contributed by atoms with Gasteiger partial charge in [0.15, 0.2) is 5.15 Å². The summed E-state index contributed by atoms with van der Waals surface area (Å²) in [5.74, 6) is 0.336. The molecule has 60 valence electrons. The van der Waals surface area contributed by atoms with Crippen molar-refractivity contribution in [1.29, 1.82) is 0 Å². The molecule has 0 aromatic carbocycles. The molecule has 0 saturated carbocycles.